The Morgan fingerprint density at radius 3 is 2.33 bits per heavy atom. The van der Waals surface area contributed by atoms with Crippen LogP contribution in [0.5, 0.6) is 0 Å². The maximum absolute atomic E-state index is 12.8. The van der Waals surface area contributed by atoms with Crippen LogP contribution in [0.3, 0.4) is 0 Å². The van der Waals surface area contributed by atoms with Crippen LogP contribution in [0.2, 0.25) is 5.02 Å². The molecule has 8 heteroatoms. The van der Waals surface area contributed by atoms with Crippen LogP contribution in [-0.2, 0) is 19.6 Å². The standard InChI is InChI=1S/C19H23ClN4O3/c1-23-16(21)15(17(26)24(2)18(23)27)14(25)11-22-19(9-3-4-10-19)12-5-7-13(20)8-6-12/h5-8,22H,3-4,9-11,21H2,1-2H3. The SMILES string of the molecule is Cn1c(N)c(C(=O)CNC2(c3ccc(Cl)cc3)CCCC2)c(=O)n(C)c1=O. The molecule has 7 nitrogen and oxygen atoms in total. The van der Waals surface area contributed by atoms with Crippen molar-refractivity contribution >= 4 is 23.2 Å². The van der Waals surface area contributed by atoms with Crippen molar-refractivity contribution < 1.29 is 4.79 Å². The minimum atomic E-state index is -0.672. The second-order valence-corrected chi connectivity index (χ2v) is 7.48. The van der Waals surface area contributed by atoms with E-state index in [0.717, 1.165) is 40.4 Å². The Morgan fingerprint density at radius 1 is 1.15 bits per heavy atom. The summed E-state index contributed by atoms with van der Waals surface area (Å²) in [7, 11) is 2.77. The zero-order valence-corrected chi connectivity index (χ0v) is 16.2. The fraction of sp³-hybridized carbons (Fsp3) is 0.421. The molecule has 27 heavy (non-hydrogen) atoms. The summed E-state index contributed by atoms with van der Waals surface area (Å²) in [5, 5.41) is 4.01. The molecule has 1 fully saturated rings. The van der Waals surface area contributed by atoms with Crippen LogP contribution in [-0.4, -0.2) is 21.5 Å². The van der Waals surface area contributed by atoms with E-state index in [4.69, 9.17) is 17.3 Å². The lowest BCUT2D eigenvalue weighted by Crippen LogP contribution is -2.46. The van der Waals surface area contributed by atoms with Gasteiger partial charge in [-0.25, -0.2) is 4.79 Å². The Kier molecular flexibility index (Phi) is 5.26. The molecule has 0 unspecified atom stereocenters. The minimum absolute atomic E-state index is 0.0414. The normalized spacial score (nSPS) is 15.8. The minimum Gasteiger partial charge on any atom is -0.384 e. The van der Waals surface area contributed by atoms with Gasteiger partial charge in [0.1, 0.15) is 11.4 Å². The van der Waals surface area contributed by atoms with Crippen molar-refractivity contribution in [1.29, 1.82) is 0 Å². The van der Waals surface area contributed by atoms with Gasteiger partial charge in [0.2, 0.25) is 0 Å². The number of halogens is 1. The molecule has 1 saturated carbocycles. The van der Waals surface area contributed by atoms with E-state index in [1.54, 1.807) is 0 Å². The van der Waals surface area contributed by atoms with Gasteiger partial charge in [0, 0.05) is 24.7 Å². The Morgan fingerprint density at radius 2 is 1.74 bits per heavy atom. The lowest BCUT2D eigenvalue weighted by Gasteiger charge is -2.31. The molecule has 144 valence electrons. The smallest absolute Gasteiger partial charge is 0.332 e. The van der Waals surface area contributed by atoms with Gasteiger partial charge in [0.05, 0.1) is 6.54 Å². The van der Waals surface area contributed by atoms with Crippen molar-refractivity contribution in [2.24, 2.45) is 14.1 Å². The number of benzene rings is 1. The van der Waals surface area contributed by atoms with Crippen LogP contribution in [0, 0.1) is 0 Å². The molecular weight excluding hydrogens is 368 g/mol. The molecule has 2 aromatic rings. The molecule has 0 spiro atoms. The fourth-order valence-electron chi connectivity index (χ4n) is 3.77. The molecule has 0 amide bonds. The number of hydrogen-bond acceptors (Lipinski definition) is 5. The van der Waals surface area contributed by atoms with Crippen LogP contribution < -0.4 is 22.3 Å². The molecule has 1 aliphatic rings. The number of rotatable bonds is 5. The van der Waals surface area contributed by atoms with Crippen LogP contribution in [0.4, 0.5) is 5.82 Å². The molecule has 1 heterocycles. The van der Waals surface area contributed by atoms with Crippen molar-refractivity contribution in [1.82, 2.24) is 14.5 Å². The van der Waals surface area contributed by atoms with E-state index in [1.165, 1.54) is 14.1 Å². The average molecular weight is 391 g/mol. The van der Waals surface area contributed by atoms with Gasteiger partial charge in [-0.2, -0.15) is 0 Å². The molecular formula is C19H23ClN4O3. The first-order valence-corrected chi connectivity index (χ1v) is 9.24. The summed E-state index contributed by atoms with van der Waals surface area (Å²) in [5.41, 5.74) is 5.23. The summed E-state index contributed by atoms with van der Waals surface area (Å²) >= 11 is 6.00. The molecule has 0 bridgehead atoms. The Bertz CT molecular complexity index is 986. The first-order chi connectivity index (χ1) is 12.8. The highest BCUT2D eigenvalue weighted by molar-refractivity contribution is 6.30. The van der Waals surface area contributed by atoms with Gasteiger partial charge in [0.25, 0.3) is 5.56 Å². The fourth-order valence-corrected chi connectivity index (χ4v) is 3.90. The van der Waals surface area contributed by atoms with Gasteiger partial charge >= 0.3 is 5.69 Å². The number of aromatic nitrogens is 2. The third kappa shape index (κ3) is 3.44. The number of anilines is 1. The number of nitrogens with zero attached hydrogens (tertiary/aromatic N) is 2. The molecule has 0 aliphatic heterocycles. The Balaban J connectivity index is 1.89. The molecule has 0 radical (unpaired) electrons. The van der Waals surface area contributed by atoms with Crippen LogP contribution in [0.1, 0.15) is 41.6 Å². The number of nitrogens with two attached hydrogens (primary N) is 1. The highest BCUT2D eigenvalue weighted by Gasteiger charge is 2.36. The molecule has 3 N–H and O–H groups in total. The first kappa shape index (κ1) is 19.4. The number of carbonyl (C=O) groups excluding carboxylic acids is 1. The zero-order chi connectivity index (χ0) is 19.8. The van der Waals surface area contributed by atoms with E-state index >= 15 is 0 Å². The van der Waals surface area contributed by atoms with Crippen LogP contribution in [0.15, 0.2) is 33.9 Å². The van der Waals surface area contributed by atoms with Crippen molar-refractivity contribution in [3.63, 3.8) is 0 Å². The highest BCUT2D eigenvalue weighted by Crippen LogP contribution is 2.39. The maximum Gasteiger partial charge on any atom is 0.332 e. The van der Waals surface area contributed by atoms with Crippen molar-refractivity contribution in [3.05, 3.63) is 61.3 Å². The molecule has 1 aromatic carbocycles. The predicted molar refractivity (Wildman–Crippen MR) is 105 cm³/mol. The quantitative estimate of drug-likeness (QED) is 0.755. The summed E-state index contributed by atoms with van der Waals surface area (Å²) in [6.07, 6.45) is 3.88. The molecule has 1 aromatic heterocycles. The maximum atomic E-state index is 12.8. The van der Waals surface area contributed by atoms with Crippen molar-refractivity contribution in [2.75, 3.05) is 12.3 Å². The van der Waals surface area contributed by atoms with Gasteiger partial charge in [-0.05, 0) is 30.5 Å². The molecule has 0 atom stereocenters. The predicted octanol–water partition coefficient (Wildman–Crippen LogP) is 1.56. The zero-order valence-electron chi connectivity index (χ0n) is 15.4. The summed E-state index contributed by atoms with van der Waals surface area (Å²) in [6, 6.07) is 7.60. The lowest BCUT2D eigenvalue weighted by molar-refractivity contribution is 0.0974. The second-order valence-electron chi connectivity index (χ2n) is 7.04. The van der Waals surface area contributed by atoms with E-state index < -0.39 is 17.0 Å². The number of nitrogen functional groups attached to an aromatic ring is 1. The second kappa shape index (κ2) is 7.32. The van der Waals surface area contributed by atoms with Gasteiger partial charge in [0.15, 0.2) is 5.78 Å². The molecule has 0 saturated heterocycles. The highest BCUT2D eigenvalue weighted by atomic mass is 35.5. The van der Waals surface area contributed by atoms with Crippen molar-refractivity contribution in [3.8, 4) is 0 Å². The number of hydrogen-bond donors (Lipinski definition) is 2. The third-order valence-corrected chi connectivity index (χ3v) is 5.68. The number of nitrogens with one attached hydrogen (secondary N) is 1. The van der Waals surface area contributed by atoms with E-state index in [0.29, 0.717) is 5.02 Å². The summed E-state index contributed by atoms with van der Waals surface area (Å²) in [4.78, 5) is 37.1. The van der Waals surface area contributed by atoms with E-state index in [-0.39, 0.29) is 23.5 Å². The van der Waals surface area contributed by atoms with E-state index in [1.807, 2.05) is 24.3 Å². The van der Waals surface area contributed by atoms with Gasteiger partial charge in [-0.3, -0.25) is 18.7 Å². The van der Waals surface area contributed by atoms with E-state index in [9.17, 15) is 14.4 Å². The number of ketones is 1. The van der Waals surface area contributed by atoms with Crippen molar-refractivity contribution in [2.45, 2.75) is 31.2 Å². The third-order valence-electron chi connectivity index (χ3n) is 5.43. The summed E-state index contributed by atoms with van der Waals surface area (Å²) in [5.74, 6) is -0.536. The van der Waals surface area contributed by atoms with Gasteiger partial charge < -0.3 is 11.1 Å². The van der Waals surface area contributed by atoms with Crippen LogP contribution in [0.25, 0.3) is 0 Å². The largest absolute Gasteiger partial charge is 0.384 e. The lowest BCUT2D eigenvalue weighted by atomic mass is 9.88. The van der Waals surface area contributed by atoms with Gasteiger partial charge in [-0.15, -0.1) is 0 Å². The average Bonchev–Trinajstić information content (AvgIpc) is 3.14. The monoisotopic (exact) mass is 390 g/mol. The molecule has 3 rings (SSSR count). The summed E-state index contributed by atoms with van der Waals surface area (Å²) < 4.78 is 2.01. The number of Topliss-reactive ketones (excluding diaryl/α,β-unsaturated/α-hetero) is 1. The topological polar surface area (TPSA) is 99.1 Å². The Labute approximate surface area is 161 Å². The first-order valence-electron chi connectivity index (χ1n) is 8.86. The van der Waals surface area contributed by atoms with Crippen LogP contribution >= 0.6 is 11.6 Å². The van der Waals surface area contributed by atoms with E-state index in [2.05, 4.69) is 5.32 Å². The molecule has 1 aliphatic carbocycles. The van der Waals surface area contributed by atoms with Gasteiger partial charge in [-0.1, -0.05) is 36.6 Å². The number of carbonyl (C=O) groups is 1. The Hall–Kier alpha value is -2.38. The summed E-state index contributed by atoms with van der Waals surface area (Å²) in [6.45, 7) is -0.0414.